The zero-order chi connectivity index (χ0) is 17.7. The number of nitrogens with one attached hydrogen (secondary N) is 2. The van der Waals surface area contributed by atoms with Crippen molar-refractivity contribution in [2.24, 2.45) is 0 Å². The Kier molecular flexibility index (Phi) is 5.33. The van der Waals surface area contributed by atoms with E-state index in [0.29, 0.717) is 31.5 Å². The largest absolute Gasteiger partial charge is 0.379 e. The van der Waals surface area contributed by atoms with Gasteiger partial charge in [-0.2, -0.15) is 4.98 Å². The highest BCUT2D eigenvalue weighted by atomic mass is 16.5. The maximum Gasteiger partial charge on any atom is 0.315 e. The molecule has 2 heterocycles. The molecule has 1 aliphatic heterocycles. The summed E-state index contributed by atoms with van der Waals surface area (Å²) in [5, 5.41) is 9.83. The molecule has 0 saturated carbocycles. The van der Waals surface area contributed by atoms with Crippen LogP contribution >= 0.6 is 0 Å². The number of carbonyl (C=O) groups is 1. The molecule has 25 heavy (non-hydrogen) atoms. The summed E-state index contributed by atoms with van der Waals surface area (Å²) >= 11 is 0. The Bertz CT molecular complexity index is 723. The summed E-state index contributed by atoms with van der Waals surface area (Å²) in [7, 11) is 0. The normalized spacial score (nSPS) is 19.8. The first kappa shape index (κ1) is 17.4. The van der Waals surface area contributed by atoms with Crippen LogP contribution in [-0.2, 0) is 17.7 Å². The highest BCUT2D eigenvalue weighted by Crippen LogP contribution is 2.19. The van der Waals surface area contributed by atoms with Crippen LogP contribution in [0.3, 0.4) is 0 Å². The molecule has 1 fully saturated rings. The molecule has 1 aromatic heterocycles. The SMILES string of the molecule is CCCc1noc(-c2cccc(CNC(=O)N[C@@]3(C)CCOC3)c2)n1. The van der Waals surface area contributed by atoms with Gasteiger partial charge in [0.05, 0.1) is 12.1 Å². The first-order valence-corrected chi connectivity index (χ1v) is 8.64. The number of aromatic nitrogens is 2. The van der Waals surface area contributed by atoms with Gasteiger partial charge in [0.25, 0.3) is 5.89 Å². The predicted octanol–water partition coefficient (Wildman–Crippen LogP) is 2.67. The third-order valence-corrected chi connectivity index (χ3v) is 4.20. The Balaban J connectivity index is 1.58. The molecule has 0 unspecified atom stereocenters. The van der Waals surface area contributed by atoms with E-state index in [1.54, 1.807) is 0 Å². The van der Waals surface area contributed by atoms with Gasteiger partial charge in [0.1, 0.15) is 0 Å². The van der Waals surface area contributed by atoms with E-state index in [-0.39, 0.29) is 11.6 Å². The highest BCUT2D eigenvalue weighted by Gasteiger charge is 2.31. The van der Waals surface area contributed by atoms with Crippen LogP contribution in [0.4, 0.5) is 4.79 Å². The highest BCUT2D eigenvalue weighted by molar-refractivity contribution is 5.74. The number of hydrogen-bond donors (Lipinski definition) is 2. The molecule has 2 N–H and O–H groups in total. The van der Waals surface area contributed by atoms with Crippen LogP contribution in [0, 0.1) is 0 Å². The van der Waals surface area contributed by atoms with Crippen molar-refractivity contribution >= 4 is 6.03 Å². The van der Waals surface area contributed by atoms with Gasteiger partial charge in [-0.05, 0) is 37.5 Å². The van der Waals surface area contributed by atoms with Gasteiger partial charge >= 0.3 is 6.03 Å². The van der Waals surface area contributed by atoms with Gasteiger partial charge in [-0.1, -0.05) is 24.2 Å². The summed E-state index contributed by atoms with van der Waals surface area (Å²) in [5.74, 6) is 1.22. The summed E-state index contributed by atoms with van der Waals surface area (Å²) in [5.41, 5.74) is 1.53. The van der Waals surface area contributed by atoms with Gasteiger partial charge < -0.3 is 19.9 Å². The number of hydrogen-bond acceptors (Lipinski definition) is 5. The van der Waals surface area contributed by atoms with Gasteiger partial charge in [0.2, 0.25) is 0 Å². The molecular formula is C18H24N4O3. The fraction of sp³-hybridized carbons (Fsp3) is 0.500. The maximum atomic E-state index is 12.1. The Morgan fingerprint density at radius 3 is 3.04 bits per heavy atom. The topological polar surface area (TPSA) is 89.3 Å². The monoisotopic (exact) mass is 344 g/mol. The third-order valence-electron chi connectivity index (χ3n) is 4.20. The first-order valence-electron chi connectivity index (χ1n) is 8.64. The minimum absolute atomic E-state index is 0.193. The maximum absolute atomic E-state index is 12.1. The van der Waals surface area contributed by atoms with E-state index in [9.17, 15) is 4.79 Å². The Morgan fingerprint density at radius 1 is 1.40 bits per heavy atom. The molecule has 1 atom stereocenters. The Morgan fingerprint density at radius 2 is 2.28 bits per heavy atom. The second-order valence-corrected chi connectivity index (χ2v) is 6.64. The Hall–Kier alpha value is -2.41. The van der Waals surface area contributed by atoms with Crippen LogP contribution in [0.5, 0.6) is 0 Å². The number of benzene rings is 1. The zero-order valence-electron chi connectivity index (χ0n) is 14.7. The lowest BCUT2D eigenvalue weighted by atomic mass is 10.0. The van der Waals surface area contributed by atoms with Crippen LogP contribution < -0.4 is 10.6 Å². The zero-order valence-corrected chi connectivity index (χ0v) is 14.7. The van der Waals surface area contributed by atoms with Crippen molar-refractivity contribution < 1.29 is 14.1 Å². The fourth-order valence-electron chi connectivity index (χ4n) is 2.78. The van der Waals surface area contributed by atoms with Crippen LogP contribution in [-0.4, -0.2) is 34.9 Å². The van der Waals surface area contributed by atoms with E-state index < -0.39 is 0 Å². The van der Waals surface area contributed by atoms with E-state index in [0.717, 1.165) is 30.4 Å². The minimum atomic E-state index is -0.286. The lowest BCUT2D eigenvalue weighted by Crippen LogP contribution is -2.50. The van der Waals surface area contributed by atoms with Crippen LogP contribution in [0.2, 0.25) is 0 Å². The summed E-state index contributed by atoms with van der Waals surface area (Å²) < 4.78 is 10.7. The van der Waals surface area contributed by atoms with E-state index >= 15 is 0 Å². The number of carbonyl (C=O) groups excluding carboxylic acids is 1. The molecule has 2 aromatic rings. The van der Waals surface area contributed by atoms with Gasteiger partial charge in [-0.3, -0.25) is 0 Å². The fourth-order valence-corrected chi connectivity index (χ4v) is 2.78. The minimum Gasteiger partial charge on any atom is -0.379 e. The number of rotatable bonds is 6. The van der Waals surface area contributed by atoms with Crippen LogP contribution in [0.1, 0.15) is 38.1 Å². The van der Waals surface area contributed by atoms with Crippen molar-refractivity contribution in [3.8, 4) is 11.5 Å². The first-order chi connectivity index (χ1) is 12.1. The number of aryl methyl sites for hydroxylation is 1. The number of nitrogens with zero attached hydrogens (tertiary/aromatic N) is 2. The van der Waals surface area contributed by atoms with E-state index in [4.69, 9.17) is 9.26 Å². The van der Waals surface area contributed by atoms with E-state index in [1.807, 2.05) is 31.2 Å². The van der Waals surface area contributed by atoms with Crippen molar-refractivity contribution in [1.29, 1.82) is 0 Å². The molecule has 0 spiro atoms. The molecule has 2 amide bonds. The van der Waals surface area contributed by atoms with Crippen LogP contribution in [0.15, 0.2) is 28.8 Å². The molecule has 134 valence electrons. The molecule has 1 aromatic carbocycles. The second kappa shape index (κ2) is 7.65. The average Bonchev–Trinajstić information content (AvgIpc) is 3.23. The molecular weight excluding hydrogens is 320 g/mol. The number of ether oxygens (including phenoxy) is 1. The molecule has 7 nitrogen and oxygen atoms in total. The summed E-state index contributed by atoms with van der Waals surface area (Å²) in [4.78, 5) is 16.5. The average molecular weight is 344 g/mol. The summed E-state index contributed by atoms with van der Waals surface area (Å²) in [6.07, 6.45) is 2.60. The summed E-state index contributed by atoms with van der Waals surface area (Å²) in [6.45, 7) is 5.72. The van der Waals surface area contributed by atoms with Crippen molar-refractivity contribution in [1.82, 2.24) is 20.8 Å². The van der Waals surface area contributed by atoms with Crippen molar-refractivity contribution in [3.05, 3.63) is 35.7 Å². The van der Waals surface area contributed by atoms with Crippen LogP contribution in [0.25, 0.3) is 11.5 Å². The van der Waals surface area contributed by atoms with Crippen molar-refractivity contribution in [2.45, 2.75) is 45.2 Å². The molecule has 1 aliphatic rings. The van der Waals surface area contributed by atoms with E-state index in [2.05, 4.69) is 27.7 Å². The van der Waals surface area contributed by atoms with E-state index in [1.165, 1.54) is 0 Å². The molecule has 0 aliphatic carbocycles. The van der Waals surface area contributed by atoms with Crippen molar-refractivity contribution in [3.63, 3.8) is 0 Å². The quantitative estimate of drug-likeness (QED) is 0.841. The van der Waals surface area contributed by atoms with Gasteiger partial charge in [-0.25, -0.2) is 4.79 Å². The molecule has 0 radical (unpaired) electrons. The number of urea groups is 1. The van der Waals surface area contributed by atoms with Gasteiger partial charge in [0.15, 0.2) is 5.82 Å². The Labute approximate surface area is 147 Å². The number of amides is 2. The lowest BCUT2D eigenvalue weighted by molar-refractivity contribution is 0.170. The molecule has 3 rings (SSSR count). The summed E-state index contributed by atoms with van der Waals surface area (Å²) in [6, 6.07) is 7.54. The lowest BCUT2D eigenvalue weighted by Gasteiger charge is -2.23. The molecule has 7 heteroatoms. The standard InChI is InChI=1S/C18H24N4O3/c1-3-5-15-20-16(25-22-15)14-7-4-6-13(10-14)11-19-17(23)21-18(2)8-9-24-12-18/h4,6-7,10H,3,5,8-9,11-12H2,1-2H3,(H2,19,21,23)/t18-/m0/s1. The van der Waals surface area contributed by atoms with Crippen molar-refractivity contribution in [2.75, 3.05) is 13.2 Å². The molecule has 1 saturated heterocycles. The van der Waals surface area contributed by atoms with Gasteiger partial charge in [-0.15, -0.1) is 0 Å². The third kappa shape index (κ3) is 4.57. The molecule has 0 bridgehead atoms. The van der Waals surface area contributed by atoms with Gasteiger partial charge in [0, 0.05) is 25.1 Å². The second-order valence-electron chi connectivity index (χ2n) is 6.64. The predicted molar refractivity (Wildman–Crippen MR) is 92.9 cm³/mol. The smallest absolute Gasteiger partial charge is 0.315 e.